The molecule has 220 valence electrons. The van der Waals surface area contributed by atoms with Crippen LogP contribution < -0.4 is 4.90 Å². The molecule has 0 aliphatic rings. The van der Waals surface area contributed by atoms with E-state index in [1.165, 1.54) is 78.7 Å². The summed E-state index contributed by atoms with van der Waals surface area (Å²) < 4.78 is 5.28. The van der Waals surface area contributed by atoms with Gasteiger partial charge in [-0.1, -0.05) is 115 Å². The molecule has 0 saturated carbocycles. The van der Waals surface area contributed by atoms with Crippen LogP contribution in [0.15, 0.2) is 164 Å². The van der Waals surface area contributed by atoms with Crippen molar-refractivity contribution in [2.75, 3.05) is 4.90 Å². The molecule has 0 aliphatic carbocycles. The van der Waals surface area contributed by atoms with E-state index in [2.05, 4.69) is 169 Å². The third-order valence-electron chi connectivity index (χ3n) is 9.45. The van der Waals surface area contributed by atoms with Gasteiger partial charge >= 0.3 is 0 Å². The highest BCUT2D eigenvalue weighted by molar-refractivity contribution is 7.26. The monoisotopic (exact) mass is 633 g/mol. The van der Waals surface area contributed by atoms with E-state index in [0.29, 0.717) is 0 Å². The number of fused-ring (bicyclic) bond motifs is 9. The van der Waals surface area contributed by atoms with E-state index in [9.17, 15) is 0 Å². The number of hydrogen-bond acceptors (Lipinski definition) is 3. The lowest BCUT2D eigenvalue weighted by molar-refractivity contribution is 1.31. The number of nitrogens with zero attached hydrogens (tertiary/aromatic N) is 1. The van der Waals surface area contributed by atoms with Gasteiger partial charge in [-0.25, -0.2) is 0 Å². The molecule has 0 amide bonds. The minimum Gasteiger partial charge on any atom is -0.309 e. The van der Waals surface area contributed by atoms with Crippen molar-refractivity contribution in [2.24, 2.45) is 0 Å². The van der Waals surface area contributed by atoms with Crippen molar-refractivity contribution in [3.8, 4) is 11.1 Å². The second-order valence-corrected chi connectivity index (χ2v) is 14.2. The Morgan fingerprint density at radius 3 is 1.94 bits per heavy atom. The first-order valence-corrected chi connectivity index (χ1v) is 17.6. The van der Waals surface area contributed by atoms with E-state index in [1.807, 2.05) is 22.7 Å². The molecule has 10 rings (SSSR count). The maximum Gasteiger partial charge on any atom is 0.0640 e. The van der Waals surface area contributed by atoms with E-state index in [4.69, 9.17) is 0 Å². The van der Waals surface area contributed by atoms with Crippen LogP contribution in [0.4, 0.5) is 17.1 Å². The third-order valence-corrected chi connectivity index (χ3v) is 11.8. The Morgan fingerprint density at radius 2 is 1.06 bits per heavy atom. The van der Waals surface area contributed by atoms with Gasteiger partial charge in [0.2, 0.25) is 0 Å². The second-order valence-electron chi connectivity index (χ2n) is 12.1. The van der Waals surface area contributed by atoms with E-state index < -0.39 is 0 Å². The van der Waals surface area contributed by atoms with Gasteiger partial charge in [0.15, 0.2) is 0 Å². The summed E-state index contributed by atoms with van der Waals surface area (Å²) >= 11 is 3.75. The molecule has 0 spiro atoms. The Morgan fingerprint density at radius 1 is 0.383 bits per heavy atom. The van der Waals surface area contributed by atoms with Gasteiger partial charge in [-0.3, -0.25) is 0 Å². The number of hydrogen-bond donors (Lipinski definition) is 0. The van der Waals surface area contributed by atoms with E-state index in [-0.39, 0.29) is 0 Å². The predicted molar refractivity (Wildman–Crippen MR) is 207 cm³/mol. The molecule has 0 radical (unpaired) electrons. The second kappa shape index (κ2) is 10.5. The van der Waals surface area contributed by atoms with Crippen LogP contribution in [0.1, 0.15) is 0 Å². The minimum atomic E-state index is 1.14. The third kappa shape index (κ3) is 4.21. The molecule has 0 fully saturated rings. The summed E-state index contributed by atoms with van der Waals surface area (Å²) in [6.45, 7) is 0. The average Bonchev–Trinajstić information content (AvgIpc) is 3.71. The summed E-state index contributed by atoms with van der Waals surface area (Å²) in [6.07, 6.45) is 0. The molecule has 2 heterocycles. The summed E-state index contributed by atoms with van der Waals surface area (Å²) in [7, 11) is 0. The molecule has 8 aromatic carbocycles. The Bertz CT molecular complexity index is 2800. The van der Waals surface area contributed by atoms with Crippen LogP contribution in [-0.2, 0) is 0 Å². The highest BCUT2D eigenvalue weighted by Crippen LogP contribution is 2.46. The van der Waals surface area contributed by atoms with Crippen LogP contribution in [0.5, 0.6) is 0 Å². The highest BCUT2D eigenvalue weighted by Gasteiger charge is 2.19. The van der Waals surface area contributed by atoms with Gasteiger partial charge in [-0.15, -0.1) is 22.7 Å². The van der Waals surface area contributed by atoms with Gasteiger partial charge in [0.1, 0.15) is 0 Å². The molecule has 0 saturated heterocycles. The quantitative estimate of drug-likeness (QED) is 0.186. The van der Waals surface area contributed by atoms with Crippen molar-refractivity contribution in [3.63, 3.8) is 0 Å². The first-order valence-electron chi connectivity index (χ1n) is 15.9. The Hall–Kier alpha value is -5.48. The molecule has 1 nitrogen and oxygen atoms in total. The molecular formula is C44H27NS2. The zero-order valence-electron chi connectivity index (χ0n) is 25.4. The van der Waals surface area contributed by atoms with Crippen molar-refractivity contribution in [1.82, 2.24) is 0 Å². The van der Waals surface area contributed by atoms with Gasteiger partial charge in [0.05, 0.1) is 10.4 Å². The largest absolute Gasteiger partial charge is 0.309 e. The van der Waals surface area contributed by atoms with Crippen LogP contribution >= 0.6 is 22.7 Å². The van der Waals surface area contributed by atoms with E-state index in [0.717, 1.165) is 11.4 Å². The smallest absolute Gasteiger partial charge is 0.0640 e. The lowest BCUT2D eigenvalue weighted by atomic mass is 9.98. The zero-order valence-corrected chi connectivity index (χ0v) is 27.0. The lowest BCUT2D eigenvalue weighted by Crippen LogP contribution is -2.10. The summed E-state index contributed by atoms with van der Waals surface area (Å²) in [5.74, 6) is 0. The summed E-state index contributed by atoms with van der Waals surface area (Å²) in [5, 5.41) is 10.4. The van der Waals surface area contributed by atoms with Crippen LogP contribution in [0.25, 0.3) is 73.0 Å². The maximum atomic E-state index is 2.44. The van der Waals surface area contributed by atoms with Gasteiger partial charge < -0.3 is 4.90 Å². The normalized spacial score (nSPS) is 11.8. The molecule has 47 heavy (non-hydrogen) atoms. The molecule has 0 N–H and O–H groups in total. The minimum absolute atomic E-state index is 1.14. The van der Waals surface area contributed by atoms with Crippen LogP contribution in [0, 0.1) is 0 Å². The molecule has 0 atom stereocenters. The van der Waals surface area contributed by atoms with Gasteiger partial charge in [0, 0.05) is 47.0 Å². The molecule has 2 aromatic heterocycles. The number of benzene rings is 8. The first-order chi connectivity index (χ1) is 23.3. The fourth-order valence-corrected chi connectivity index (χ4v) is 9.61. The van der Waals surface area contributed by atoms with Crippen molar-refractivity contribution >= 4 is 102 Å². The Balaban J connectivity index is 1.19. The van der Waals surface area contributed by atoms with Gasteiger partial charge in [-0.2, -0.15) is 0 Å². The Kier molecular flexibility index (Phi) is 5.98. The molecule has 10 aromatic rings. The number of rotatable bonds is 4. The highest BCUT2D eigenvalue weighted by atomic mass is 32.1. The maximum absolute atomic E-state index is 2.44. The molecule has 3 heteroatoms. The predicted octanol–water partition coefficient (Wildman–Crippen LogP) is 13.9. The topological polar surface area (TPSA) is 3.24 Å². The van der Waals surface area contributed by atoms with Crippen molar-refractivity contribution < 1.29 is 0 Å². The molecular weight excluding hydrogens is 607 g/mol. The SMILES string of the molecule is c1ccc2c(-c3ccc(N(c4ccc5c(ccc6sc7ccccc7c65)c4)c4cccc5c4sc4ccccc45)cc3)cccc2c1. The Labute approximate surface area is 280 Å². The van der Waals surface area contributed by atoms with Crippen molar-refractivity contribution in [1.29, 1.82) is 0 Å². The van der Waals surface area contributed by atoms with Crippen LogP contribution in [0.3, 0.4) is 0 Å². The first kappa shape index (κ1) is 26.7. The van der Waals surface area contributed by atoms with Crippen molar-refractivity contribution in [2.45, 2.75) is 0 Å². The standard InChI is InChI=1S/C44H27NS2/c1-2-11-33-28(9-1)10-7-14-34(33)29-19-22-31(23-20-29)45(39-16-8-15-37-36-12-3-5-17-40(36)47-44(37)39)32-24-25-35-30(27-32)21-26-42-43(35)38-13-4-6-18-41(38)46-42/h1-27H. The van der Waals surface area contributed by atoms with Crippen LogP contribution in [-0.4, -0.2) is 0 Å². The van der Waals surface area contributed by atoms with E-state index in [1.54, 1.807) is 0 Å². The zero-order chi connectivity index (χ0) is 30.9. The fraction of sp³-hybridized carbons (Fsp3) is 0. The van der Waals surface area contributed by atoms with E-state index >= 15 is 0 Å². The molecule has 0 bridgehead atoms. The number of anilines is 3. The average molecular weight is 634 g/mol. The van der Waals surface area contributed by atoms with Crippen LogP contribution in [0.2, 0.25) is 0 Å². The van der Waals surface area contributed by atoms with Gasteiger partial charge in [-0.05, 0) is 81.2 Å². The van der Waals surface area contributed by atoms with Gasteiger partial charge in [0.25, 0.3) is 0 Å². The molecule has 0 aliphatic heterocycles. The number of thiophene rings is 2. The molecule has 0 unspecified atom stereocenters. The summed E-state index contributed by atoms with van der Waals surface area (Å²) in [5.41, 5.74) is 5.96. The van der Waals surface area contributed by atoms with Crippen molar-refractivity contribution in [3.05, 3.63) is 164 Å². The summed E-state index contributed by atoms with van der Waals surface area (Å²) in [6, 6.07) is 60.2. The summed E-state index contributed by atoms with van der Waals surface area (Å²) in [4.78, 5) is 2.44. The fourth-order valence-electron chi connectivity index (χ4n) is 7.28. The lowest BCUT2D eigenvalue weighted by Gasteiger charge is -2.27.